The maximum atomic E-state index is 13.6. The maximum Gasteiger partial charge on any atom is 0.329 e. The van der Waals surface area contributed by atoms with Gasteiger partial charge in [0.2, 0.25) is 0 Å². The molecule has 0 bridgehead atoms. The molecule has 34 heavy (non-hydrogen) atoms. The normalized spacial score (nSPS) is 17.3. The number of halogens is 1. The Bertz CT molecular complexity index is 1050. The van der Waals surface area contributed by atoms with Gasteiger partial charge in [0.25, 0.3) is 11.6 Å². The van der Waals surface area contributed by atoms with Crippen molar-refractivity contribution in [3.8, 4) is 11.5 Å². The van der Waals surface area contributed by atoms with E-state index in [-0.39, 0.29) is 17.0 Å². The topological polar surface area (TPSA) is 103 Å². The van der Waals surface area contributed by atoms with Crippen molar-refractivity contribution in [3.05, 3.63) is 46.4 Å². The summed E-state index contributed by atoms with van der Waals surface area (Å²) in [6.07, 6.45) is 0.701. The van der Waals surface area contributed by atoms with E-state index in [0.717, 1.165) is 24.5 Å². The second-order valence-electron chi connectivity index (χ2n) is 7.80. The quantitative estimate of drug-likeness (QED) is 0.403. The fraction of sp³-hybridized carbons (Fsp3) is 0.417. The van der Waals surface area contributed by atoms with Crippen molar-refractivity contribution in [3.63, 3.8) is 0 Å². The van der Waals surface area contributed by atoms with E-state index in [9.17, 15) is 14.7 Å². The Kier molecular flexibility index (Phi) is 8.40. The smallest absolute Gasteiger partial charge is 0.329 e. The first-order valence-corrected chi connectivity index (χ1v) is 12.0. The molecule has 0 saturated heterocycles. The Morgan fingerprint density at radius 1 is 1.18 bits per heavy atom. The number of rotatable bonds is 10. The minimum absolute atomic E-state index is 0.215. The van der Waals surface area contributed by atoms with Crippen LogP contribution in [0.4, 0.5) is 16.2 Å². The van der Waals surface area contributed by atoms with Crippen LogP contribution in [0.2, 0.25) is 0 Å². The lowest BCUT2D eigenvalue weighted by Crippen LogP contribution is -2.62. The van der Waals surface area contributed by atoms with Gasteiger partial charge in [0.1, 0.15) is 11.5 Å². The van der Waals surface area contributed by atoms with Crippen LogP contribution in [-0.4, -0.2) is 62.3 Å². The molecule has 3 rings (SSSR count). The highest BCUT2D eigenvalue weighted by atomic mass is 79.9. The molecule has 10 heteroatoms. The summed E-state index contributed by atoms with van der Waals surface area (Å²) in [4.78, 5) is 30.1. The average molecular weight is 535 g/mol. The van der Waals surface area contributed by atoms with Gasteiger partial charge in [0.05, 0.1) is 25.6 Å². The van der Waals surface area contributed by atoms with Gasteiger partial charge in [0, 0.05) is 22.6 Å². The zero-order chi connectivity index (χ0) is 24.9. The number of nitrogens with one attached hydrogen (secondary N) is 2. The van der Waals surface area contributed by atoms with Gasteiger partial charge in [-0.2, -0.15) is 0 Å². The third-order valence-electron chi connectivity index (χ3n) is 5.90. The molecular formula is C24H31BrN4O5. The molecule has 1 heterocycles. The Morgan fingerprint density at radius 2 is 1.91 bits per heavy atom. The molecule has 0 fully saturated rings. The number of benzene rings is 2. The number of amides is 3. The van der Waals surface area contributed by atoms with E-state index in [2.05, 4.69) is 45.3 Å². The van der Waals surface area contributed by atoms with Crippen molar-refractivity contribution in [1.29, 1.82) is 0 Å². The Hall–Kier alpha value is -2.82. The predicted octanol–water partition coefficient (Wildman–Crippen LogP) is 3.51. The van der Waals surface area contributed by atoms with Gasteiger partial charge in [-0.25, -0.2) is 9.69 Å². The number of anilines is 2. The molecule has 1 aliphatic heterocycles. The van der Waals surface area contributed by atoms with Crippen LogP contribution in [0.25, 0.3) is 0 Å². The van der Waals surface area contributed by atoms with Gasteiger partial charge in [-0.15, -0.1) is 0 Å². The van der Waals surface area contributed by atoms with Crippen molar-refractivity contribution in [1.82, 2.24) is 10.2 Å². The SMILES string of the molecule is CCN(CC)CCCNC(=O)C1(O)c2cc(Br)ccc2NC(=O)N1c1ccc(OC)cc1OC. The molecule has 1 atom stereocenters. The molecule has 0 saturated carbocycles. The molecule has 3 N–H and O–H groups in total. The number of fused-ring (bicyclic) bond motifs is 1. The predicted molar refractivity (Wildman–Crippen MR) is 134 cm³/mol. The Morgan fingerprint density at radius 3 is 2.56 bits per heavy atom. The second-order valence-corrected chi connectivity index (χ2v) is 8.72. The van der Waals surface area contributed by atoms with E-state index < -0.39 is 17.7 Å². The van der Waals surface area contributed by atoms with Crippen LogP contribution in [0.1, 0.15) is 25.8 Å². The van der Waals surface area contributed by atoms with Crippen LogP contribution < -0.4 is 25.0 Å². The lowest BCUT2D eigenvalue weighted by atomic mass is 9.94. The van der Waals surface area contributed by atoms with Gasteiger partial charge in [-0.1, -0.05) is 29.8 Å². The van der Waals surface area contributed by atoms with Gasteiger partial charge >= 0.3 is 6.03 Å². The molecule has 1 unspecified atom stereocenters. The number of nitrogens with zero attached hydrogens (tertiary/aromatic N) is 2. The third kappa shape index (κ3) is 4.98. The monoisotopic (exact) mass is 534 g/mol. The van der Waals surface area contributed by atoms with Crippen molar-refractivity contribution in [2.45, 2.75) is 26.0 Å². The van der Waals surface area contributed by atoms with Crippen LogP contribution in [0.3, 0.4) is 0 Å². The highest BCUT2D eigenvalue weighted by Gasteiger charge is 2.52. The van der Waals surface area contributed by atoms with E-state index >= 15 is 0 Å². The zero-order valence-corrected chi connectivity index (χ0v) is 21.4. The molecule has 1 aliphatic rings. The Labute approximate surface area is 208 Å². The second kappa shape index (κ2) is 11.1. The lowest BCUT2D eigenvalue weighted by molar-refractivity contribution is -0.140. The molecule has 3 amide bonds. The molecule has 2 aromatic carbocycles. The van der Waals surface area contributed by atoms with Crippen molar-refractivity contribution < 1.29 is 24.2 Å². The maximum absolute atomic E-state index is 13.6. The van der Waals surface area contributed by atoms with E-state index in [0.29, 0.717) is 28.9 Å². The number of urea groups is 1. The molecular weight excluding hydrogens is 504 g/mol. The number of ether oxygens (including phenoxy) is 2. The van der Waals surface area contributed by atoms with E-state index in [1.54, 1.807) is 36.4 Å². The minimum Gasteiger partial charge on any atom is -0.497 e. The van der Waals surface area contributed by atoms with Gasteiger partial charge in [-0.3, -0.25) is 4.79 Å². The van der Waals surface area contributed by atoms with Crippen molar-refractivity contribution in [2.24, 2.45) is 0 Å². The highest BCUT2D eigenvalue weighted by Crippen LogP contribution is 2.44. The van der Waals surface area contributed by atoms with Crippen molar-refractivity contribution in [2.75, 3.05) is 50.6 Å². The van der Waals surface area contributed by atoms with Gasteiger partial charge in [0.15, 0.2) is 0 Å². The summed E-state index contributed by atoms with van der Waals surface area (Å²) in [6, 6.07) is 9.10. The highest BCUT2D eigenvalue weighted by molar-refractivity contribution is 9.10. The fourth-order valence-electron chi connectivity index (χ4n) is 4.00. The average Bonchev–Trinajstić information content (AvgIpc) is 2.84. The summed E-state index contributed by atoms with van der Waals surface area (Å²) in [7, 11) is 2.95. The zero-order valence-electron chi connectivity index (χ0n) is 19.9. The minimum atomic E-state index is -2.32. The van der Waals surface area contributed by atoms with E-state index in [4.69, 9.17) is 9.47 Å². The molecule has 0 spiro atoms. The van der Waals surface area contributed by atoms with Crippen LogP contribution in [0.5, 0.6) is 11.5 Å². The number of aliphatic hydroxyl groups is 1. The van der Waals surface area contributed by atoms with Gasteiger partial charge < -0.3 is 30.1 Å². The summed E-state index contributed by atoms with van der Waals surface area (Å²) in [5, 5.41) is 17.6. The number of hydrogen-bond acceptors (Lipinski definition) is 6. The summed E-state index contributed by atoms with van der Waals surface area (Å²) < 4.78 is 11.4. The number of carbonyl (C=O) groups is 2. The third-order valence-corrected chi connectivity index (χ3v) is 6.39. The lowest BCUT2D eigenvalue weighted by Gasteiger charge is -2.43. The molecule has 184 valence electrons. The molecule has 9 nitrogen and oxygen atoms in total. The Balaban J connectivity index is 2.02. The number of carbonyl (C=O) groups excluding carboxylic acids is 2. The van der Waals surface area contributed by atoms with Crippen LogP contribution in [0, 0.1) is 0 Å². The largest absolute Gasteiger partial charge is 0.497 e. The van der Waals surface area contributed by atoms with E-state index in [1.807, 2.05) is 0 Å². The molecule has 0 radical (unpaired) electrons. The summed E-state index contributed by atoms with van der Waals surface area (Å²) in [5.41, 5.74) is -1.52. The molecule has 0 aliphatic carbocycles. The number of methoxy groups -OCH3 is 2. The molecule has 2 aromatic rings. The summed E-state index contributed by atoms with van der Waals surface area (Å²) in [5.74, 6) is 0.0605. The fourth-order valence-corrected chi connectivity index (χ4v) is 4.36. The first kappa shape index (κ1) is 25.8. The standard InChI is InChI=1S/C24H31BrN4O5/c1-5-28(6-2)13-7-12-26-22(30)24(32)18-14-16(25)8-10-19(18)27-23(31)29(24)20-11-9-17(33-3)15-21(20)34-4/h8-11,14-15,32H,5-7,12-13H2,1-4H3,(H,26,30)(H,27,31). The van der Waals surface area contributed by atoms with Crippen LogP contribution in [0.15, 0.2) is 40.9 Å². The first-order chi connectivity index (χ1) is 16.3. The van der Waals surface area contributed by atoms with Crippen LogP contribution >= 0.6 is 15.9 Å². The molecule has 0 aromatic heterocycles. The summed E-state index contributed by atoms with van der Waals surface area (Å²) in [6.45, 7) is 7.16. The number of hydrogen-bond donors (Lipinski definition) is 3. The van der Waals surface area contributed by atoms with Crippen molar-refractivity contribution >= 4 is 39.2 Å². The van der Waals surface area contributed by atoms with Crippen LogP contribution in [-0.2, 0) is 10.5 Å². The summed E-state index contributed by atoms with van der Waals surface area (Å²) >= 11 is 3.40. The first-order valence-electron chi connectivity index (χ1n) is 11.2. The van der Waals surface area contributed by atoms with E-state index in [1.165, 1.54) is 14.2 Å². The van der Waals surface area contributed by atoms with Gasteiger partial charge in [-0.05, 0) is 56.4 Å².